The number of halogens is 2. The summed E-state index contributed by atoms with van der Waals surface area (Å²) in [6.07, 6.45) is 2.78. The highest BCUT2D eigenvalue weighted by Crippen LogP contribution is 2.36. The summed E-state index contributed by atoms with van der Waals surface area (Å²) in [5.41, 5.74) is 7.48. The molecule has 25 heavy (non-hydrogen) atoms. The van der Waals surface area contributed by atoms with Crippen LogP contribution in [0.5, 0.6) is 0 Å². The van der Waals surface area contributed by atoms with Crippen molar-refractivity contribution < 1.29 is 9.18 Å². The van der Waals surface area contributed by atoms with Crippen molar-refractivity contribution in [2.45, 2.75) is 18.5 Å². The molecule has 0 aromatic heterocycles. The van der Waals surface area contributed by atoms with Gasteiger partial charge in [0, 0.05) is 23.7 Å². The summed E-state index contributed by atoms with van der Waals surface area (Å²) in [7, 11) is 0. The number of benzene rings is 2. The summed E-state index contributed by atoms with van der Waals surface area (Å²) in [6.45, 7) is 2.57. The molecule has 2 aromatic rings. The first kappa shape index (κ1) is 17.8. The summed E-state index contributed by atoms with van der Waals surface area (Å²) in [6, 6.07) is 14.4. The summed E-state index contributed by atoms with van der Waals surface area (Å²) in [5, 5.41) is 0.489. The van der Waals surface area contributed by atoms with Gasteiger partial charge in [-0.05, 0) is 36.3 Å². The third-order valence-electron chi connectivity index (χ3n) is 4.35. The second-order valence-corrected chi connectivity index (χ2v) is 7.14. The van der Waals surface area contributed by atoms with E-state index >= 15 is 0 Å². The Morgan fingerprint density at radius 2 is 2.04 bits per heavy atom. The highest BCUT2D eigenvalue weighted by molar-refractivity contribution is 6.30. The van der Waals surface area contributed by atoms with Crippen LogP contribution in [0, 0.1) is 5.82 Å². The average molecular weight is 359 g/mol. The average Bonchev–Trinajstić information content (AvgIpc) is 3.00. The number of aldehydes is 1. The summed E-state index contributed by atoms with van der Waals surface area (Å²) in [5.74, 6) is -0.310. The van der Waals surface area contributed by atoms with E-state index in [4.69, 9.17) is 17.3 Å². The van der Waals surface area contributed by atoms with E-state index in [-0.39, 0.29) is 11.9 Å². The molecule has 0 aliphatic carbocycles. The lowest BCUT2D eigenvalue weighted by atomic mass is 10.0. The number of rotatable bonds is 5. The lowest BCUT2D eigenvalue weighted by Gasteiger charge is -2.30. The lowest BCUT2D eigenvalue weighted by Crippen LogP contribution is -2.49. The van der Waals surface area contributed by atoms with Crippen LogP contribution in [-0.2, 0) is 4.79 Å². The molecule has 1 aliphatic heterocycles. The normalized spacial score (nSPS) is 20.2. The molecular weight excluding hydrogens is 339 g/mol. The Bertz CT molecular complexity index is 805. The van der Waals surface area contributed by atoms with Crippen molar-refractivity contribution in [3.05, 3.63) is 76.6 Å². The van der Waals surface area contributed by atoms with Crippen LogP contribution < -0.4 is 5.73 Å². The van der Waals surface area contributed by atoms with E-state index in [1.165, 1.54) is 12.1 Å². The predicted molar refractivity (Wildman–Crippen MR) is 98.8 cm³/mol. The highest BCUT2D eigenvalue weighted by atomic mass is 35.5. The summed E-state index contributed by atoms with van der Waals surface area (Å²) >= 11 is 6.04. The number of nitrogens with two attached hydrogens (primary N) is 1. The van der Waals surface area contributed by atoms with E-state index < -0.39 is 5.54 Å². The van der Waals surface area contributed by atoms with Gasteiger partial charge in [-0.3, -0.25) is 4.90 Å². The number of carbonyl (C=O) groups is 1. The molecule has 0 amide bonds. The van der Waals surface area contributed by atoms with Gasteiger partial charge in [0.25, 0.3) is 0 Å². The zero-order valence-electron chi connectivity index (χ0n) is 14.0. The number of nitrogens with zero attached hydrogens (tertiary/aromatic N) is 1. The first-order chi connectivity index (χ1) is 11.9. The minimum Gasteiger partial charge on any atom is -0.318 e. The maximum Gasteiger partial charge on any atom is 0.140 e. The molecule has 1 heterocycles. The molecule has 2 atom stereocenters. The van der Waals surface area contributed by atoms with Crippen molar-refractivity contribution in [3.8, 4) is 0 Å². The van der Waals surface area contributed by atoms with Crippen LogP contribution in [0.2, 0.25) is 5.02 Å². The van der Waals surface area contributed by atoms with Crippen LogP contribution in [0.25, 0.3) is 5.57 Å². The molecule has 0 bridgehead atoms. The fourth-order valence-electron chi connectivity index (χ4n) is 3.17. The molecule has 1 aliphatic rings. The van der Waals surface area contributed by atoms with Crippen LogP contribution in [0.4, 0.5) is 4.39 Å². The fourth-order valence-corrected chi connectivity index (χ4v) is 3.34. The van der Waals surface area contributed by atoms with Gasteiger partial charge < -0.3 is 10.5 Å². The Morgan fingerprint density at radius 1 is 1.32 bits per heavy atom. The Hall–Kier alpha value is -2.01. The molecule has 2 N–H and O–H groups in total. The Kier molecular flexibility index (Phi) is 5.04. The predicted octanol–water partition coefficient (Wildman–Crippen LogP) is 3.84. The van der Waals surface area contributed by atoms with Gasteiger partial charge in [0.05, 0.1) is 11.6 Å². The van der Waals surface area contributed by atoms with Crippen LogP contribution in [0.3, 0.4) is 0 Å². The lowest BCUT2D eigenvalue weighted by molar-refractivity contribution is -0.112. The summed E-state index contributed by atoms with van der Waals surface area (Å²) < 4.78 is 14.3. The molecule has 2 aromatic carbocycles. The second kappa shape index (κ2) is 7.08. The third kappa shape index (κ3) is 3.98. The molecule has 0 radical (unpaired) electrons. The van der Waals surface area contributed by atoms with Crippen molar-refractivity contribution in [2.75, 3.05) is 13.1 Å². The molecule has 3 rings (SSSR count). The first-order valence-electron chi connectivity index (χ1n) is 8.10. The fraction of sp³-hybridized carbons (Fsp3) is 0.250. The van der Waals surface area contributed by atoms with E-state index in [0.717, 1.165) is 17.4 Å². The van der Waals surface area contributed by atoms with Crippen LogP contribution >= 0.6 is 11.6 Å². The second-order valence-electron chi connectivity index (χ2n) is 6.70. The van der Waals surface area contributed by atoms with E-state index in [2.05, 4.69) is 4.90 Å². The minimum absolute atomic E-state index is 0.0718. The zero-order valence-corrected chi connectivity index (χ0v) is 14.7. The Labute approximate surface area is 151 Å². The SMILES string of the molecule is CC(N)(C=O)CN1CC(c2cc(Cl)ccc2F)=CC1c1ccccc1. The van der Waals surface area contributed by atoms with Crippen molar-refractivity contribution in [1.29, 1.82) is 0 Å². The number of hydrogen-bond acceptors (Lipinski definition) is 3. The van der Waals surface area contributed by atoms with Crippen LogP contribution in [-0.4, -0.2) is 29.8 Å². The van der Waals surface area contributed by atoms with Gasteiger partial charge in [0.2, 0.25) is 0 Å². The smallest absolute Gasteiger partial charge is 0.140 e. The van der Waals surface area contributed by atoms with Crippen molar-refractivity contribution in [2.24, 2.45) is 5.73 Å². The molecular formula is C20H20ClFN2O. The molecule has 0 spiro atoms. The van der Waals surface area contributed by atoms with Gasteiger partial charge >= 0.3 is 0 Å². The molecule has 0 saturated heterocycles. The Balaban J connectivity index is 1.98. The van der Waals surface area contributed by atoms with Gasteiger partial charge in [0.1, 0.15) is 12.1 Å². The van der Waals surface area contributed by atoms with Crippen molar-refractivity contribution in [1.82, 2.24) is 4.90 Å². The zero-order chi connectivity index (χ0) is 18.0. The van der Waals surface area contributed by atoms with E-state index in [1.54, 1.807) is 13.0 Å². The van der Waals surface area contributed by atoms with E-state index in [0.29, 0.717) is 23.7 Å². The molecule has 5 heteroatoms. The van der Waals surface area contributed by atoms with Crippen molar-refractivity contribution >= 4 is 23.5 Å². The number of carbonyl (C=O) groups excluding carboxylic acids is 1. The maximum absolute atomic E-state index is 14.3. The van der Waals surface area contributed by atoms with Crippen LogP contribution in [0.15, 0.2) is 54.6 Å². The quantitative estimate of drug-likeness (QED) is 0.826. The molecule has 3 nitrogen and oxygen atoms in total. The summed E-state index contributed by atoms with van der Waals surface area (Å²) in [4.78, 5) is 13.3. The first-order valence-corrected chi connectivity index (χ1v) is 8.48. The molecule has 2 unspecified atom stereocenters. The number of hydrogen-bond donors (Lipinski definition) is 1. The van der Waals surface area contributed by atoms with E-state index in [1.807, 2.05) is 36.4 Å². The molecule has 130 valence electrons. The molecule has 0 saturated carbocycles. The van der Waals surface area contributed by atoms with Gasteiger partial charge in [-0.2, -0.15) is 0 Å². The standard InChI is InChI=1S/C20H20ClFN2O/c1-20(23,13-25)12-24-11-15(17-10-16(21)7-8-18(17)22)9-19(24)14-5-3-2-4-6-14/h2-10,13,19H,11-12,23H2,1H3. The Morgan fingerprint density at radius 3 is 2.72 bits per heavy atom. The van der Waals surface area contributed by atoms with Crippen molar-refractivity contribution in [3.63, 3.8) is 0 Å². The van der Waals surface area contributed by atoms with Crippen LogP contribution in [0.1, 0.15) is 24.1 Å². The highest BCUT2D eigenvalue weighted by Gasteiger charge is 2.32. The monoisotopic (exact) mass is 358 g/mol. The maximum atomic E-state index is 14.3. The van der Waals surface area contributed by atoms with Gasteiger partial charge in [-0.15, -0.1) is 0 Å². The van der Waals surface area contributed by atoms with E-state index in [9.17, 15) is 9.18 Å². The topological polar surface area (TPSA) is 46.3 Å². The van der Waals surface area contributed by atoms with Gasteiger partial charge in [-0.1, -0.05) is 48.0 Å². The van der Waals surface area contributed by atoms with Gasteiger partial charge in [0.15, 0.2) is 0 Å². The third-order valence-corrected chi connectivity index (χ3v) is 4.59. The van der Waals surface area contributed by atoms with Gasteiger partial charge in [-0.25, -0.2) is 4.39 Å². The largest absolute Gasteiger partial charge is 0.318 e. The molecule has 0 fully saturated rings. The minimum atomic E-state index is -0.969.